The van der Waals surface area contributed by atoms with Crippen molar-refractivity contribution in [3.05, 3.63) is 47.3 Å². The van der Waals surface area contributed by atoms with Crippen LogP contribution in [0, 0.1) is 0 Å². The van der Waals surface area contributed by atoms with Crippen molar-refractivity contribution >= 4 is 33.2 Å². The van der Waals surface area contributed by atoms with Crippen molar-refractivity contribution in [1.29, 1.82) is 0 Å². The first-order valence-corrected chi connectivity index (χ1v) is 12.4. The van der Waals surface area contributed by atoms with E-state index in [-0.39, 0.29) is 28.5 Å². The van der Waals surface area contributed by atoms with Crippen LogP contribution in [-0.2, 0) is 26.0 Å². The Morgan fingerprint density at radius 2 is 1.90 bits per heavy atom. The highest BCUT2D eigenvalue weighted by atomic mass is 32.2. The van der Waals surface area contributed by atoms with Crippen LogP contribution in [0.25, 0.3) is 0 Å². The summed E-state index contributed by atoms with van der Waals surface area (Å²) in [5, 5.41) is 4.56. The number of likely N-dealkylation sites (tertiary alicyclic amines) is 1. The number of rotatable bonds is 8. The van der Waals surface area contributed by atoms with E-state index in [1.165, 1.54) is 13.0 Å². The zero-order chi connectivity index (χ0) is 22.4. The number of carbonyl (C=O) groups is 2. The molecule has 8 nitrogen and oxygen atoms in total. The molecule has 1 aliphatic rings. The van der Waals surface area contributed by atoms with Crippen molar-refractivity contribution in [2.45, 2.75) is 42.5 Å². The van der Waals surface area contributed by atoms with Gasteiger partial charge in [0, 0.05) is 24.7 Å². The van der Waals surface area contributed by atoms with E-state index in [4.69, 9.17) is 4.74 Å². The molecule has 2 N–H and O–H groups in total. The molecule has 1 unspecified atom stereocenters. The molecular weight excluding hydrogens is 438 g/mol. The van der Waals surface area contributed by atoms with Gasteiger partial charge in [0.25, 0.3) is 10.0 Å². The zero-order valence-corrected chi connectivity index (χ0v) is 19.2. The molecule has 1 atom stereocenters. The number of hydrogen-bond acceptors (Lipinski definition) is 6. The lowest BCUT2D eigenvalue weighted by Gasteiger charge is -2.33. The maximum absolute atomic E-state index is 12.6. The van der Waals surface area contributed by atoms with E-state index in [9.17, 15) is 18.0 Å². The summed E-state index contributed by atoms with van der Waals surface area (Å²) >= 11 is 1.10. The SMILES string of the molecule is COc1ccccc1CC(=O)N1CCC(NC(=O)C(C)NS(=O)(=O)c2cccs2)CC1. The van der Waals surface area contributed by atoms with Crippen LogP contribution in [0.2, 0.25) is 0 Å². The molecular formula is C21H27N3O5S2. The molecule has 3 rings (SSSR count). The number of methoxy groups -OCH3 is 1. The van der Waals surface area contributed by atoms with Gasteiger partial charge in [-0.2, -0.15) is 4.72 Å². The molecule has 31 heavy (non-hydrogen) atoms. The molecule has 2 heterocycles. The summed E-state index contributed by atoms with van der Waals surface area (Å²) in [6, 6.07) is 9.60. The molecule has 0 aliphatic carbocycles. The molecule has 1 saturated heterocycles. The first-order chi connectivity index (χ1) is 14.8. The Morgan fingerprint density at radius 1 is 1.19 bits per heavy atom. The summed E-state index contributed by atoms with van der Waals surface area (Å²) in [6.07, 6.45) is 1.50. The number of benzene rings is 1. The number of carbonyl (C=O) groups excluding carboxylic acids is 2. The van der Waals surface area contributed by atoms with E-state index in [2.05, 4.69) is 10.0 Å². The predicted octanol–water partition coefficient (Wildman–Crippen LogP) is 1.77. The third kappa shape index (κ3) is 6.05. The first-order valence-electron chi connectivity index (χ1n) is 10.1. The average Bonchev–Trinajstić information content (AvgIpc) is 3.30. The molecule has 2 aromatic rings. The summed E-state index contributed by atoms with van der Waals surface area (Å²) in [5.74, 6) is 0.335. The summed E-state index contributed by atoms with van der Waals surface area (Å²) in [6.45, 7) is 2.59. The fraction of sp³-hybridized carbons (Fsp3) is 0.429. The van der Waals surface area contributed by atoms with Crippen LogP contribution in [0.3, 0.4) is 0 Å². The van der Waals surface area contributed by atoms with Crippen LogP contribution in [0.15, 0.2) is 46.0 Å². The van der Waals surface area contributed by atoms with Crippen molar-refractivity contribution in [2.75, 3.05) is 20.2 Å². The molecule has 168 valence electrons. The van der Waals surface area contributed by atoms with E-state index in [1.54, 1.807) is 23.5 Å². The van der Waals surface area contributed by atoms with Gasteiger partial charge < -0.3 is 15.0 Å². The largest absolute Gasteiger partial charge is 0.496 e. The van der Waals surface area contributed by atoms with E-state index in [0.717, 1.165) is 16.9 Å². The van der Waals surface area contributed by atoms with E-state index < -0.39 is 16.1 Å². The highest BCUT2D eigenvalue weighted by Crippen LogP contribution is 2.20. The van der Waals surface area contributed by atoms with Gasteiger partial charge in [0.05, 0.1) is 19.6 Å². The minimum atomic E-state index is -3.71. The molecule has 0 radical (unpaired) electrons. The van der Waals surface area contributed by atoms with Gasteiger partial charge in [-0.1, -0.05) is 24.3 Å². The van der Waals surface area contributed by atoms with Crippen LogP contribution in [0.1, 0.15) is 25.3 Å². The molecule has 0 saturated carbocycles. The highest BCUT2D eigenvalue weighted by molar-refractivity contribution is 7.91. The lowest BCUT2D eigenvalue weighted by molar-refractivity contribution is -0.131. The van der Waals surface area contributed by atoms with Gasteiger partial charge >= 0.3 is 0 Å². The number of sulfonamides is 1. The van der Waals surface area contributed by atoms with Crippen molar-refractivity contribution in [3.8, 4) is 5.75 Å². The summed E-state index contributed by atoms with van der Waals surface area (Å²) in [4.78, 5) is 26.9. The van der Waals surface area contributed by atoms with Crippen molar-refractivity contribution in [3.63, 3.8) is 0 Å². The number of nitrogens with one attached hydrogen (secondary N) is 2. The number of thiophene rings is 1. The Balaban J connectivity index is 1.47. The van der Waals surface area contributed by atoms with Crippen LogP contribution in [0.5, 0.6) is 5.75 Å². The Kier molecular flexibility index (Phi) is 7.69. The second kappa shape index (κ2) is 10.3. The van der Waals surface area contributed by atoms with E-state index >= 15 is 0 Å². The molecule has 1 aromatic carbocycles. The van der Waals surface area contributed by atoms with Gasteiger partial charge in [0.15, 0.2) is 0 Å². The summed E-state index contributed by atoms with van der Waals surface area (Å²) in [5.41, 5.74) is 0.845. The lowest BCUT2D eigenvalue weighted by Crippen LogP contribution is -2.51. The molecule has 10 heteroatoms. The fourth-order valence-electron chi connectivity index (χ4n) is 3.48. The van der Waals surface area contributed by atoms with Gasteiger partial charge in [0.2, 0.25) is 11.8 Å². The van der Waals surface area contributed by atoms with E-state index in [0.29, 0.717) is 31.7 Å². The van der Waals surface area contributed by atoms with Gasteiger partial charge in [-0.05, 0) is 37.3 Å². The molecule has 1 aromatic heterocycles. The Bertz CT molecular complexity index is 1000. The topological polar surface area (TPSA) is 105 Å². The average molecular weight is 466 g/mol. The van der Waals surface area contributed by atoms with E-state index in [1.807, 2.05) is 24.3 Å². The second-order valence-corrected chi connectivity index (χ2v) is 10.3. The number of ether oxygens (including phenoxy) is 1. The van der Waals surface area contributed by atoms with Crippen LogP contribution in [0.4, 0.5) is 0 Å². The summed E-state index contributed by atoms with van der Waals surface area (Å²) in [7, 11) is -2.13. The standard InChI is InChI=1S/C21H27N3O5S2/c1-15(23-31(27,28)20-8-5-13-30-20)21(26)22-17-9-11-24(12-10-17)19(25)14-16-6-3-4-7-18(16)29-2/h3-8,13,15,17,23H,9-12,14H2,1-2H3,(H,22,26). The Hall–Kier alpha value is -2.43. The maximum atomic E-state index is 12.6. The Morgan fingerprint density at radius 3 is 2.55 bits per heavy atom. The normalized spacial score (nSPS) is 16.0. The quantitative estimate of drug-likeness (QED) is 0.618. The highest BCUT2D eigenvalue weighted by Gasteiger charge is 2.27. The van der Waals surface area contributed by atoms with Gasteiger partial charge in [-0.3, -0.25) is 9.59 Å². The van der Waals surface area contributed by atoms with Gasteiger partial charge in [-0.15, -0.1) is 11.3 Å². The second-order valence-electron chi connectivity index (χ2n) is 7.43. The monoisotopic (exact) mass is 465 g/mol. The number of piperidine rings is 1. The smallest absolute Gasteiger partial charge is 0.250 e. The molecule has 1 fully saturated rings. The number of nitrogens with zero attached hydrogens (tertiary/aromatic N) is 1. The van der Waals surface area contributed by atoms with Crippen LogP contribution >= 0.6 is 11.3 Å². The zero-order valence-electron chi connectivity index (χ0n) is 17.5. The number of para-hydroxylation sites is 1. The Labute approximate surface area is 186 Å². The molecule has 1 aliphatic heterocycles. The molecule has 2 amide bonds. The minimum Gasteiger partial charge on any atom is -0.496 e. The molecule has 0 bridgehead atoms. The third-order valence-corrected chi connectivity index (χ3v) is 8.15. The molecule has 0 spiro atoms. The van der Waals surface area contributed by atoms with Gasteiger partial charge in [-0.25, -0.2) is 8.42 Å². The first kappa shape index (κ1) is 23.2. The van der Waals surface area contributed by atoms with Crippen LogP contribution < -0.4 is 14.8 Å². The minimum absolute atomic E-state index is 0.0198. The predicted molar refractivity (Wildman–Crippen MR) is 119 cm³/mol. The van der Waals surface area contributed by atoms with Crippen molar-refractivity contribution in [1.82, 2.24) is 14.9 Å². The van der Waals surface area contributed by atoms with Crippen molar-refractivity contribution < 1.29 is 22.7 Å². The lowest BCUT2D eigenvalue weighted by atomic mass is 10.0. The number of amides is 2. The van der Waals surface area contributed by atoms with Crippen molar-refractivity contribution in [2.24, 2.45) is 0 Å². The number of hydrogen-bond donors (Lipinski definition) is 2. The third-order valence-electron chi connectivity index (χ3n) is 5.21. The summed E-state index contributed by atoms with van der Waals surface area (Å²) < 4.78 is 32.5. The van der Waals surface area contributed by atoms with Crippen LogP contribution in [-0.4, -0.2) is 57.4 Å². The maximum Gasteiger partial charge on any atom is 0.250 e. The van der Waals surface area contributed by atoms with Gasteiger partial charge in [0.1, 0.15) is 9.96 Å². The fourth-order valence-corrected chi connectivity index (χ4v) is 5.70.